The van der Waals surface area contributed by atoms with Gasteiger partial charge in [0, 0.05) is 9.35 Å². The molecule has 0 spiro atoms. The van der Waals surface area contributed by atoms with Crippen LogP contribution in [0.25, 0.3) is 0 Å². The van der Waals surface area contributed by atoms with Gasteiger partial charge < -0.3 is 5.11 Å². The van der Waals surface area contributed by atoms with Crippen molar-refractivity contribution >= 4 is 33.2 Å². The van der Waals surface area contributed by atoms with Crippen molar-refractivity contribution in [2.24, 2.45) is 0 Å². The van der Waals surface area contributed by atoms with Gasteiger partial charge in [-0.15, -0.1) is 11.3 Å². The topological polar surface area (TPSA) is 55.1 Å². The van der Waals surface area contributed by atoms with E-state index in [1.807, 2.05) is 11.4 Å². The van der Waals surface area contributed by atoms with E-state index < -0.39 is 5.97 Å². The smallest absolute Gasteiger partial charge is 0.339 e. The molecule has 0 saturated carbocycles. The van der Waals surface area contributed by atoms with Crippen LogP contribution in [-0.2, 0) is 6.54 Å². The number of aromatic carboxylic acids is 1. The van der Waals surface area contributed by atoms with Gasteiger partial charge in [-0.3, -0.25) is 4.68 Å². The van der Waals surface area contributed by atoms with Gasteiger partial charge in [-0.1, -0.05) is 0 Å². The molecule has 17 heavy (non-hydrogen) atoms. The van der Waals surface area contributed by atoms with Crippen molar-refractivity contribution in [2.45, 2.75) is 20.4 Å². The first-order valence-electron chi connectivity index (χ1n) is 5.00. The summed E-state index contributed by atoms with van der Waals surface area (Å²) in [5, 5.41) is 15.3. The van der Waals surface area contributed by atoms with Gasteiger partial charge in [-0.05, 0) is 41.2 Å². The average molecular weight is 315 g/mol. The third-order valence-corrected chi connectivity index (χ3v) is 4.49. The Balaban J connectivity index is 2.38. The summed E-state index contributed by atoms with van der Waals surface area (Å²) in [5.74, 6) is -0.920. The van der Waals surface area contributed by atoms with Crippen molar-refractivity contribution in [3.63, 3.8) is 0 Å². The van der Waals surface area contributed by atoms with Gasteiger partial charge in [0.05, 0.1) is 17.9 Å². The van der Waals surface area contributed by atoms with Crippen LogP contribution in [0.3, 0.4) is 0 Å². The standard InChI is InChI=1S/C11H11BrN2O2S/c1-6-10(11(15)16)7(2)14(13-6)5-9-8(12)3-4-17-9/h3-4H,5H2,1-2H3,(H,15,16). The molecular formula is C11H11BrN2O2S. The third-order valence-electron chi connectivity index (χ3n) is 2.58. The van der Waals surface area contributed by atoms with E-state index in [1.165, 1.54) is 0 Å². The number of nitrogens with zero attached hydrogens (tertiary/aromatic N) is 2. The second-order valence-electron chi connectivity index (χ2n) is 3.70. The molecule has 4 nitrogen and oxygen atoms in total. The number of hydrogen-bond donors (Lipinski definition) is 1. The Morgan fingerprint density at radius 3 is 2.76 bits per heavy atom. The molecule has 1 N–H and O–H groups in total. The molecule has 2 aromatic heterocycles. The van der Waals surface area contributed by atoms with Gasteiger partial charge in [0.15, 0.2) is 0 Å². The zero-order valence-electron chi connectivity index (χ0n) is 9.40. The fraction of sp³-hybridized carbons (Fsp3) is 0.273. The zero-order valence-corrected chi connectivity index (χ0v) is 11.8. The molecule has 0 amide bonds. The predicted octanol–water partition coefficient (Wildman–Crippen LogP) is 3.07. The molecule has 0 bridgehead atoms. The molecular weight excluding hydrogens is 304 g/mol. The van der Waals surface area contributed by atoms with Crippen LogP contribution in [0.4, 0.5) is 0 Å². The Labute approximate surface area is 111 Å². The minimum absolute atomic E-state index is 0.303. The molecule has 6 heteroatoms. The van der Waals surface area contributed by atoms with E-state index in [1.54, 1.807) is 29.9 Å². The SMILES string of the molecule is Cc1nn(Cc2sccc2Br)c(C)c1C(=O)O. The number of rotatable bonds is 3. The van der Waals surface area contributed by atoms with Gasteiger partial charge in [0.1, 0.15) is 5.56 Å². The fourth-order valence-corrected chi connectivity index (χ4v) is 3.19. The highest BCUT2D eigenvalue weighted by Crippen LogP contribution is 2.24. The second kappa shape index (κ2) is 4.62. The Bertz CT molecular complexity index is 574. The van der Waals surface area contributed by atoms with E-state index in [0.29, 0.717) is 23.5 Å². The van der Waals surface area contributed by atoms with Gasteiger partial charge in [0.25, 0.3) is 0 Å². The summed E-state index contributed by atoms with van der Waals surface area (Å²) in [4.78, 5) is 12.2. The Kier molecular flexibility index (Phi) is 3.35. The molecule has 0 fully saturated rings. The minimum atomic E-state index is -0.920. The van der Waals surface area contributed by atoms with Crippen LogP contribution >= 0.6 is 27.3 Å². The first kappa shape index (κ1) is 12.3. The van der Waals surface area contributed by atoms with Crippen molar-refractivity contribution in [2.75, 3.05) is 0 Å². The quantitative estimate of drug-likeness (QED) is 0.947. The number of thiophene rings is 1. The van der Waals surface area contributed by atoms with Crippen LogP contribution in [0, 0.1) is 13.8 Å². The first-order chi connectivity index (χ1) is 8.00. The number of halogens is 1. The van der Waals surface area contributed by atoms with Crippen LogP contribution in [0.15, 0.2) is 15.9 Å². The van der Waals surface area contributed by atoms with Crippen LogP contribution in [0.2, 0.25) is 0 Å². The Morgan fingerprint density at radius 2 is 2.29 bits per heavy atom. The second-order valence-corrected chi connectivity index (χ2v) is 5.56. The molecule has 0 radical (unpaired) electrons. The Morgan fingerprint density at radius 1 is 1.59 bits per heavy atom. The van der Waals surface area contributed by atoms with Crippen LogP contribution < -0.4 is 0 Å². The van der Waals surface area contributed by atoms with Crippen LogP contribution in [-0.4, -0.2) is 20.9 Å². The fourth-order valence-electron chi connectivity index (χ4n) is 1.73. The van der Waals surface area contributed by atoms with E-state index in [2.05, 4.69) is 21.0 Å². The van der Waals surface area contributed by atoms with Gasteiger partial charge in [-0.2, -0.15) is 5.10 Å². The molecule has 0 aliphatic rings. The van der Waals surface area contributed by atoms with Crippen molar-refractivity contribution in [3.05, 3.63) is 37.7 Å². The highest BCUT2D eigenvalue weighted by Gasteiger charge is 2.18. The largest absolute Gasteiger partial charge is 0.478 e. The number of aryl methyl sites for hydroxylation is 1. The van der Waals surface area contributed by atoms with E-state index in [4.69, 9.17) is 5.11 Å². The molecule has 2 heterocycles. The lowest BCUT2D eigenvalue weighted by Crippen LogP contribution is -2.05. The maximum absolute atomic E-state index is 11.1. The molecule has 2 rings (SSSR count). The first-order valence-corrected chi connectivity index (χ1v) is 6.67. The van der Waals surface area contributed by atoms with Crippen molar-refractivity contribution < 1.29 is 9.90 Å². The van der Waals surface area contributed by atoms with Crippen molar-refractivity contribution in [3.8, 4) is 0 Å². The number of carboxylic acids is 1. The van der Waals surface area contributed by atoms with E-state index >= 15 is 0 Å². The maximum atomic E-state index is 11.1. The minimum Gasteiger partial charge on any atom is -0.478 e. The summed E-state index contributed by atoms with van der Waals surface area (Å²) in [7, 11) is 0. The van der Waals surface area contributed by atoms with Crippen LogP contribution in [0.1, 0.15) is 26.6 Å². The van der Waals surface area contributed by atoms with Crippen molar-refractivity contribution in [1.82, 2.24) is 9.78 Å². The maximum Gasteiger partial charge on any atom is 0.339 e. The summed E-state index contributed by atoms with van der Waals surface area (Å²) in [6.07, 6.45) is 0. The highest BCUT2D eigenvalue weighted by atomic mass is 79.9. The molecule has 0 aliphatic heterocycles. The lowest BCUT2D eigenvalue weighted by atomic mass is 10.2. The molecule has 2 aromatic rings. The zero-order chi connectivity index (χ0) is 12.6. The predicted molar refractivity (Wildman–Crippen MR) is 69.8 cm³/mol. The molecule has 0 saturated heterocycles. The van der Waals surface area contributed by atoms with E-state index in [9.17, 15) is 4.79 Å². The lowest BCUT2D eigenvalue weighted by Gasteiger charge is -2.03. The van der Waals surface area contributed by atoms with Gasteiger partial charge >= 0.3 is 5.97 Å². The summed E-state index contributed by atoms with van der Waals surface area (Å²) in [5.41, 5.74) is 1.55. The van der Waals surface area contributed by atoms with Gasteiger partial charge in [-0.25, -0.2) is 4.79 Å². The van der Waals surface area contributed by atoms with Crippen LogP contribution in [0.5, 0.6) is 0 Å². The highest BCUT2D eigenvalue weighted by molar-refractivity contribution is 9.10. The van der Waals surface area contributed by atoms with E-state index in [-0.39, 0.29) is 0 Å². The number of carboxylic acid groups (broad SMARTS) is 1. The van der Waals surface area contributed by atoms with Gasteiger partial charge in [0.2, 0.25) is 0 Å². The summed E-state index contributed by atoms with van der Waals surface area (Å²) < 4.78 is 2.77. The number of carbonyl (C=O) groups is 1. The number of aromatic nitrogens is 2. The summed E-state index contributed by atoms with van der Waals surface area (Å²) in [6.45, 7) is 4.10. The third kappa shape index (κ3) is 2.28. The molecule has 0 unspecified atom stereocenters. The summed E-state index contributed by atoms with van der Waals surface area (Å²) >= 11 is 5.08. The Hall–Kier alpha value is -1.14. The summed E-state index contributed by atoms with van der Waals surface area (Å²) in [6, 6.07) is 1.98. The average Bonchev–Trinajstić information content (AvgIpc) is 2.73. The van der Waals surface area contributed by atoms with E-state index in [0.717, 1.165) is 9.35 Å². The molecule has 90 valence electrons. The molecule has 0 aromatic carbocycles. The number of hydrogen-bond acceptors (Lipinski definition) is 3. The normalized spacial score (nSPS) is 10.8. The van der Waals surface area contributed by atoms with Crippen molar-refractivity contribution in [1.29, 1.82) is 0 Å². The molecule has 0 atom stereocenters. The molecule has 0 aliphatic carbocycles. The monoisotopic (exact) mass is 314 g/mol. The lowest BCUT2D eigenvalue weighted by molar-refractivity contribution is 0.0695.